The second kappa shape index (κ2) is 5.16. The molecule has 0 unspecified atom stereocenters. The molecule has 2 aromatic heterocycles. The quantitative estimate of drug-likeness (QED) is 0.801. The Morgan fingerprint density at radius 3 is 2.79 bits per heavy atom. The lowest BCUT2D eigenvalue weighted by Crippen LogP contribution is -2.19. The predicted octanol–water partition coefficient (Wildman–Crippen LogP) is 2.07. The van der Waals surface area contributed by atoms with E-state index in [9.17, 15) is 4.79 Å². The molecule has 0 N–H and O–H groups in total. The highest BCUT2D eigenvalue weighted by Crippen LogP contribution is 2.27. The fourth-order valence-corrected chi connectivity index (χ4v) is 2.56. The number of aromatic nitrogens is 5. The monoisotopic (exact) mass is 279 g/mol. The van der Waals surface area contributed by atoms with Crippen LogP contribution in [0.4, 0.5) is 0 Å². The molecular weight excluding hydrogens is 262 g/mol. The summed E-state index contributed by atoms with van der Waals surface area (Å²) in [6, 6.07) is 0. The second-order valence-electron chi connectivity index (χ2n) is 5.34. The molecule has 0 radical (unpaired) electrons. The minimum atomic E-state index is -0.215. The molecule has 0 fully saturated rings. The summed E-state index contributed by atoms with van der Waals surface area (Å²) in [6.07, 6.45) is 2.31. The van der Waals surface area contributed by atoms with Gasteiger partial charge in [-0.05, 0) is 18.0 Å². The van der Waals surface area contributed by atoms with E-state index in [0.717, 1.165) is 18.0 Å². The molecule has 0 aliphatic carbocycles. The highest BCUT2D eigenvalue weighted by molar-refractivity contribution is 7.08. The van der Waals surface area contributed by atoms with Gasteiger partial charge in [0.2, 0.25) is 11.6 Å². The van der Waals surface area contributed by atoms with E-state index in [4.69, 9.17) is 0 Å². The van der Waals surface area contributed by atoms with Gasteiger partial charge >= 0.3 is 0 Å². The van der Waals surface area contributed by atoms with Crippen molar-refractivity contribution in [1.29, 1.82) is 0 Å². The van der Waals surface area contributed by atoms with Crippen molar-refractivity contribution < 1.29 is 4.79 Å². The van der Waals surface area contributed by atoms with E-state index in [0.29, 0.717) is 22.9 Å². The highest BCUT2D eigenvalue weighted by atomic mass is 32.1. The van der Waals surface area contributed by atoms with Crippen molar-refractivity contribution in [3.05, 3.63) is 22.7 Å². The Bertz CT molecular complexity index is 581. The summed E-state index contributed by atoms with van der Waals surface area (Å²) < 4.78 is 5.54. The van der Waals surface area contributed by atoms with Crippen LogP contribution in [-0.4, -0.2) is 30.1 Å². The predicted molar refractivity (Wildman–Crippen MR) is 72.4 cm³/mol. The Hall–Kier alpha value is -1.63. The maximum absolute atomic E-state index is 12.5. The van der Waals surface area contributed by atoms with Crippen LogP contribution in [0.25, 0.3) is 0 Å². The molecule has 2 rings (SSSR count). The minimum absolute atomic E-state index is 0.147. The van der Waals surface area contributed by atoms with Crippen molar-refractivity contribution in [3.8, 4) is 0 Å². The lowest BCUT2D eigenvalue weighted by molar-refractivity contribution is 0.102. The van der Waals surface area contributed by atoms with Crippen molar-refractivity contribution in [1.82, 2.24) is 24.4 Å². The third-order valence-electron chi connectivity index (χ3n) is 2.66. The standard InChI is InChI=1S/C12H17N5OS/c1-5-6-17-11(13-7-14-17)8(18)9-10(12(2,3)4)15-16-19-9/h7H,5-6H2,1-4H3. The van der Waals surface area contributed by atoms with Crippen LogP contribution in [0, 0.1) is 0 Å². The van der Waals surface area contributed by atoms with Crippen LogP contribution in [0.15, 0.2) is 6.33 Å². The smallest absolute Gasteiger partial charge is 0.243 e. The molecule has 2 aromatic rings. The van der Waals surface area contributed by atoms with E-state index in [-0.39, 0.29) is 11.2 Å². The fraction of sp³-hybridized carbons (Fsp3) is 0.583. The van der Waals surface area contributed by atoms with Crippen LogP contribution in [0.5, 0.6) is 0 Å². The minimum Gasteiger partial charge on any atom is -0.284 e. The van der Waals surface area contributed by atoms with Gasteiger partial charge < -0.3 is 0 Å². The molecule has 7 heteroatoms. The molecule has 0 saturated carbocycles. The van der Waals surface area contributed by atoms with Crippen molar-refractivity contribution in [2.45, 2.75) is 46.1 Å². The normalized spacial score (nSPS) is 11.8. The van der Waals surface area contributed by atoms with E-state index in [2.05, 4.69) is 19.7 Å². The maximum Gasteiger partial charge on any atom is 0.243 e. The number of aryl methyl sites for hydroxylation is 1. The molecular formula is C12H17N5OS. The number of carbonyl (C=O) groups excluding carboxylic acids is 1. The lowest BCUT2D eigenvalue weighted by Gasteiger charge is -2.15. The zero-order valence-electron chi connectivity index (χ0n) is 11.5. The number of hydrogen-bond donors (Lipinski definition) is 0. The summed E-state index contributed by atoms with van der Waals surface area (Å²) in [4.78, 5) is 17.2. The molecule has 0 bridgehead atoms. The first kappa shape index (κ1) is 13.8. The van der Waals surface area contributed by atoms with Gasteiger partial charge in [0.25, 0.3) is 0 Å². The van der Waals surface area contributed by atoms with E-state index >= 15 is 0 Å². The highest BCUT2D eigenvalue weighted by Gasteiger charge is 2.29. The number of nitrogens with zero attached hydrogens (tertiary/aromatic N) is 5. The van der Waals surface area contributed by atoms with Crippen LogP contribution in [0.3, 0.4) is 0 Å². The summed E-state index contributed by atoms with van der Waals surface area (Å²) in [6.45, 7) is 8.74. The first-order valence-corrected chi connectivity index (χ1v) is 6.97. The van der Waals surface area contributed by atoms with Crippen molar-refractivity contribution in [3.63, 3.8) is 0 Å². The van der Waals surface area contributed by atoms with Crippen molar-refractivity contribution in [2.24, 2.45) is 0 Å². The van der Waals surface area contributed by atoms with Gasteiger partial charge in [0.05, 0.1) is 5.69 Å². The molecule has 0 atom stereocenters. The number of rotatable bonds is 4. The van der Waals surface area contributed by atoms with Crippen molar-refractivity contribution >= 4 is 17.3 Å². The van der Waals surface area contributed by atoms with Crippen LogP contribution >= 0.6 is 11.5 Å². The largest absolute Gasteiger partial charge is 0.284 e. The summed E-state index contributed by atoms with van der Waals surface area (Å²) in [7, 11) is 0. The zero-order chi connectivity index (χ0) is 14.0. The van der Waals surface area contributed by atoms with Crippen LogP contribution in [-0.2, 0) is 12.0 Å². The maximum atomic E-state index is 12.5. The Balaban J connectivity index is 2.40. The van der Waals surface area contributed by atoms with Crippen molar-refractivity contribution in [2.75, 3.05) is 0 Å². The first-order valence-electron chi connectivity index (χ1n) is 6.20. The zero-order valence-corrected chi connectivity index (χ0v) is 12.4. The molecule has 19 heavy (non-hydrogen) atoms. The Labute approximate surface area is 116 Å². The lowest BCUT2D eigenvalue weighted by atomic mass is 9.90. The summed E-state index contributed by atoms with van der Waals surface area (Å²) in [5.74, 6) is 0.212. The molecule has 102 valence electrons. The molecule has 0 aliphatic rings. The number of hydrogen-bond acceptors (Lipinski definition) is 6. The van der Waals surface area contributed by atoms with Gasteiger partial charge in [0, 0.05) is 12.0 Å². The molecule has 6 nitrogen and oxygen atoms in total. The SMILES string of the molecule is CCCn1ncnc1C(=O)c1snnc1C(C)(C)C. The average molecular weight is 279 g/mol. The van der Waals surface area contributed by atoms with E-state index in [1.54, 1.807) is 4.68 Å². The molecule has 2 heterocycles. The van der Waals surface area contributed by atoms with Gasteiger partial charge in [-0.3, -0.25) is 4.79 Å². The number of carbonyl (C=O) groups is 1. The Morgan fingerprint density at radius 2 is 2.16 bits per heavy atom. The summed E-state index contributed by atoms with van der Waals surface area (Å²) in [5, 5.41) is 8.16. The Kier molecular flexibility index (Phi) is 3.75. The average Bonchev–Trinajstić information content (AvgIpc) is 2.95. The van der Waals surface area contributed by atoms with Crippen LogP contribution < -0.4 is 0 Å². The van der Waals surface area contributed by atoms with E-state index in [1.807, 2.05) is 27.7 Å². The molecule has 0 spiro atoms. The molecule has 0 aliphatic heterocycles. The Morgan fingerprint density at radius 1 is 1.42 bits per heavy atom. The van der Waals surface area contributed by atoms with Gasteiger partial charge in [0.15, 0.2) is 0 Å². The second-order valence-corrected chi connectivity index (χ2v) is 6.09. The van der Waals surface area contributed by atoms with Gasteiger partial charge in [-0.1, -0.05) is 32.2 Å². The number of ketones is 1. The van der Waals surface area contributed by atoms with Crippen LogP contribution in [0.2, 0.25) is 0 Å². The fourth-order valence-electron chi connectivity index (χ4n) is 1.75. The van der Waals surface area contributed by atoms with Gasteiger partial charge in [0.1, 0.15) is 11.2 Å². The topological polar surface area (TPSA) is 73.6 Å². The summed E-state index contributed by atoms with van der Waals surface area (Å²) >= 11 is 1.12. The molecule has 0 aromatic carbocycles. The summed E-state index contributed by atoms with van der Waals surface area (Å²) in [5.41, 5.74) is 0.502. The molecule has 0 amide bonds. The van der Waals surface area contributed by atoms with Gasteiger partial charge in [-0.15, -0.1) is 5.10 Å². The first-order chi connectivity index (χ1) is 8.95. The van der Waals surface area contributed by atoms with Crippen LogP contribution in [0.1, 0.15) is 55.3 Å². The third kappa shape index (κ3) is 2.70. The van der Waals surface area contributed by atoms with Gasteiger partial charge in [-0.25, -0.2) is 9.67 Å². The van der Waals surface area contributed by atoms with E-state index in [1.165, 1.54) is 6.33 Å². The molecule has 0 saturated heterocycles. The van der Waals surface area contributed by atoms with E-state index < -0.39 is 0 Å². The third-order valence-corrected chi connectivity index (χ3v) is 3.38. The van der Waals surface area contributed by atoms with Gasteiger partial charge in [-0.2, -0.15) is 5.10 Å².